The van der Waals surface area contributed by atoms with Gasteiger partial charge in [0.15, 0.2) is 5.82 Å². The minimum Gasteiger partial charge on any atom is -0.477 e. The van der Waals surface area contributed by atoms with E-state index in [0.717, 1.165) is 6.07 Å². The maximum atomic E-state index is 13.8. The van der Waals surface area contributed by atoms with E-state index < -0.39 is 39.9 Å². The van der Waals surface area contributed by atoms with E-state index in [1.165, 1.54) is 6.92 Å². The van der Waals surface area contributed by atoms with Crippen LogP contribution in [0, 0.1) is 15.9 Å². The fourth-order valence-corrected chi connectivity index (χ4v) is 1.62. The van der Waals surface area contributed by atoms with E-state index in [-0.39, 0.29) is 5.69 Å². The molecule has 0 radical (unpaired) electrons. The van der Waals surface area contributed by atoms with Crippen LogP contribution < -0.4 is 10.6 Å². The summed E-state index contributed by atoms with van der Waals surface area (Å²) in [5, 5.41) is 24.6. The zero-order valence-electron chi connectivity index (χ0n) is 11.3. The normalized spacial score (nSPS) is 11.6. The third-order valence-corrected chi connectivity index (χ3v) is 2.63. The smallest absolute Gasteiger partial charge is 0.342 e. The number of carbonyl (C=O) groups excluding carboxylic acids is 1. The highest BCUT2D eigenvalue weighted by Gasteiger charge is 2.24. The van der Waals surface area contributed by atoms with E-state index >= 15 is 0 Å². The molecule has 3 N–H and O–H groups in total. The van der Waals surface area contributed by atoms with Crippen molar-refractivity contribution in [3.63, 3.8) is 0 Å². The number of carboxylic acid groups (broad SMARTS) is 1. The Hall–Kier alpha value is -2.71. The van der Waals surface area contributed by atoms with Gasteiger partial charge >= 0.3 is 5.97 Å². The van der Waals surface area contributed by atoms with Crippen molar-refractivity contribution in [3.8, 4) is 0 Å². The fraction of sp³-hybridized carbons (Fsp3) is 0.333. The predicted molar refractivity (Wildman–Crippen MR) is 71.8 cm³/mol. The van der Waals surface area contributed by atoms with Crippen molar-refractivity contribution in [2.75, 3.05) is 11.9 Å². The summed E-state index contributed by atoms with van der Waals surface area (Å²) in [6, 6.07) is 0.476. The molecule has 0 heterocycles. The second-order valence-electron chi connectivity index (χ2n) is 4.17. The average Bonchev–Trinajstić information content (AvgIpc) is 2.40. The molecule has 1 unspecified atom stereocenters. The van der Waals surface area contributed by atoms with Crippen LogP contribution in [0.25, 0.3) is 0 Å². The summed E-state index contributed by atoms with van der Waals surface area (Å²) in [6.45, 7) is 3.54. The second-order valence-corrected chi connectivity index (χ2v) is 4.17. The molecule has 0 saturated carbocycles. The molecule has 114 valence electrons. The first-order valence-electron chi connectivity index (χ1n) is 6.03. The van der Waals surface area contributed by atoms with Gasteiger partial charge in [0.25, 0.3) is 5.69 Å². The number of carboxylic acids is 1. The number of hydrogen-bond acceptors (Lipinski definition) is 5. The number of hydrogen-bond donors (Lipinski definition) is 3. The van der Waals surface area contributed by atoms with Crippen LogP contribution >= 0.6 is 0 Å². The molecule has 8 nitrogen and oxygen atoms in total. The lowest BCUT2D eigenvalue weighted by Gasteiger charge is -2.15. The summed E-state index contributed by atoms with van der Waals surface area (Å²) in [4.78, 5) is 32.2. The van der Waals surface area contributed by atoms with Crippen molar-refractivity contribution in [1.29, 1.82) is 0 Å². The lowest BCUT2D eigenvalue weighted by molar-refractivity contribution is -0.385. The number of rotatable bonds is 6. The van der Waals surface area contributed by atoms with Crippen LogP contribution in [0.15, 0.2) is 12.1 Å². The van der Waals surface area contributed by atoms with Crippen LogP contribution in [0.5, 0.6) is 0 Å². The van der Waals surface area contributed by atoms with Gasteiger partial charge in [-0.25, -0.2) is 9.18 Å². The monoisotopic (exact) mass is 299 g/mol. The van der Waals surface area contributed by atoms with E-state index in [1.54, 1.807) is 6.92 Å². The van der Waals surface area contributed by atoms with Gasteiger partial charge in [0.05, 0.1) is 16.7 Å². The Morgan fingerprint density at radius 1 is 1.48 bits per heavy atom. The van der Waals surface area contributed by atoms with Gasteiger partial charge in [-0.05, 0) is 19.9 Å². The highest BCUT2D eigenvalue weighted by molar-refractivity contribution is 5.94. The molecular formula is C12H14FN3O5. The van der Waals surface area contributed by atoms with E-state index in [9.17, 15) is 24.1 Å². The molecule has 1 atom stereocenters. The molecule has 1 aromatic carbocycles. The maximum Gasteiger partial charge on any atom is 0.342 e. The van der Waals surface area contributed by atoms with Crippen molar-refractivity contribution < 1.29 is 24.0 Å². The summed E-state index contributed by atoms with van der Waals surface area (Å²) in [5.74, 6) is -2.98. The lowest BCUT2D eigenvalue weighted by atomic mass is 10.1. The minimum absolute atomic E-state index is 0.295. The van der Waals surface area contributed by atoms with Crippen LogP contribution in [-0.4, -0.2) is 34.5 Å². The van der Waals surface area contributed by atoms with Crippen LogP contribution in [0.1, 0.15) is 24.2 Å². The fourth-order valence-electron chi connectivity index (χ4n) is 1.62. The third kappa shape index (κ3) is 3.88. The Balaban J connectivity index is 3.14. The van der Waals surface area contributed by atoms with Crippen molar-refractivity contribution >= 4 is 23.3 Å². The van der Waals surface area contributed by atoms with Crippen LogP contribution in [0.4, 0.5) is 15.8 Å². The Morgan fingerprint density at radius 3 is 2.57 bits per heavy atom. The maximum absolute atomic E-state index is 13.8. The summed E-state index contributed by atoms with van der Waals surface area (Å²) < 4.78 is 13.8. The van der Waals surface area contributed by atoms with Crippen LogP contribution in [-0.2, 0) is 4.79 Å². The van der Waals surface area contributed by atoms with E-state index in [2.05, 4.69) is 10.6 Å². The molecule has 21 heavy (non-hydrogen) atoms. The van der Waals surface area contributed by atoms with Gasteiger partial charge in [-0.2, -0.15) is 0 Å². The average molecular weight is 299 g/mol. The number of anilines is 1. The van der Waals surface area contributed by atoms with Gasteiger partial charge in [0.1, 0.15) is 11.6 Å². The van der Waals surface area contributed by atoms with Gasteiger partial charge in [-0.1, -0.05) is 0 Å². The first-order valence-corrected chi connectivity index (χ1v) is 6.03. The standard InChI is InChI=1S/C12H14FN3O5/c1-3-14-11(17)6(2)15-9-4-7(12(18)19)10(16(20)21)5-8(9)13/h4-6,15H,3H2,1-2H3,(H,14,17)(H,18,19). The van der Waals surface area contributed by atoms with Crippen molar-refractivity contribution in [3.05, 3.63) is 33.6 Å². The quantitative estimate of drug-likeness (QED) is 0.538. The lowest BCUT2D eigenvalue weighted by Crippen LogP contribution is -2.37. The Morgan fingerprint density at radius 2 is 2.10 bits per heavy atom. The van der Waals surface area contributed by atoms with Crippen molar-refractivity contribution in [1.82, 2.24) is 5.32 Å². The SMILES string of the molecule is CCNC(=O)C(C)Nc1cc(C(=O)O)c([N+](=O)[O-])cc1F. The highest BCUT2D eigenvalue weighted by Crippen LogP contribution is 2.26. The summed E-state index contributed by atoms with van der Waals surface area (Å²) in [5.41, 5.74) is -1.81. The van der Waals surface area contributed by atoms with Crippen LogP contribution in [0.2, 0.25) is 0 Å². The number of nitrogens with one attached hydrogen (secondary N) is 2. The van der Waals surface area contributed by atoms with Crippen molar-refractivity contribution in [2.45, 2.75) is 19.9 Å². The molecule has 1 rings (SSSR count). The van der Waals surface area contributed by atoms with Crippen molar-refractivity contribution in [2.24, 2.45) is 0 Å². The Kier molecular flexibility index (Phi) is 5.17. The van der Waals surface area contributed by atoms with Gasteiger partial charge in [-0.3, -0.25) is 14.9 Å². The molecule has 9 heteroatoms. The summed E-state index contributed by atoms with van der Waals surface area (Å²) in [7, 11) is 0. The molecule has 0 aliphatic rings. The van der Waals surface area contributed by atoms with Gasteiger partial charge in [0, 0.05) is 6.54 Å². The predicted octanol–water partition coefficient (Wildman–Crippen LogP) is 1.37. The molecule has 0 aliphatic carbocycles. The van der Waals surface area contributed by atoms with Gasteiger partial charge < -0.3 is 15.7 Å². The number of benzene rings is 1. The molecule has 0 saturated heterocycles. The van der Waals surface area contributed by atoms with E-state index in [4.69, 9.17) is 5.11 Å². The molecule has 1 aromatic rings. The Bertz CT molecular complexity index is 591. The van der Waals surface area contributed by atoms with Gasteiger partial charge in [-0.15, -0.1) is 0 Å². The number of nitrogens with zero attached hydrogens (tertiary/aromatic N) is 1. The van der Waals surface area contributed by atoms with E-state index in [0.29, 0.717) is 12.6 Å². The number of carbonyl (C=O) groups is 2. The van der Waals surface area contributed by atoms with Gasteiger partial charge in [0.2, 0.25) is 5.91 Å². The number of amides is 1. The molecule has 0 fully saturated rings. The number of likely N-dealkylation sites (N-methyl/N-ethyl adjacent to an activating group) is 1. The number of halogens is 1. The summed E-state index contributed by atoms with van der Waals surface area (Å²) >= 11 is 0. The molecular weight excluding hydrogens is 285 g/mol. The summed E-state index contributed by atoms with van der Waals surface area (Å²) in [6.07, 6.45) is 0. The molecule has 0 aliphatic heterocycles. The van der Waals surface area contributed by atoms with E-state index in [1.807, 2.05) is 0 Å². The Labute approximate surface area is 119 Å². The molecule has 0 aromatic heterocycles. The number of nitro benzene ring substituents is 1. The first-order chi connectivity index (χ1) is 9.77. The zero-order valence-corrected chi connectivity index (χ0v) is 11.3. The zero-order chi connectivity index (χ0) is 16.2. The topological polar surface area (TPSA) is 122 Å². The second kappa shape index (κ2) is 6.64. The number of nitro groups is 1. The largest absolute Gasteiger partial charge is 0.477 e. The first kappa shape index (κ1) is 16.3. The van der Waals surface area contributed by atoms with Crippen LogP contribution in [0.3, 0.4) is 0 Å². The molecule has 0 spiro atoms. The highest BCUT2D eigenvalue weighted by atomic mass is 19.1. The minimum atomic E-state index is -1.56. The third-order valence-electron chi connectivity index (χ3n) is 2.63. The molecule has 0 bridgehead atoms. The number of aromatic carboxylic acids is 1. The molecule has 1 amide bonds.